The van der Waals surface area contributed by atoms with E-state index >= 15 is 0 Å². The van der Waals surface area contributed by atoms with E-state index in [9.17, 15) is 0 Å². The Hall–Kier alpha value is -0.860. The fourth-order valence-electron chi connectivity index (χ4n) is 4.11. The fourth-order valence-corrected chi connectivity index (χ4v) is 4.11. The second-order valence-corrected chi connectivity index (χ2v) is 7.19. The van der Waals surface area contributed by atoms with Gasteiger partial charge in [-0.05, 0) is 49.3 Å². The fraction of sp³-hybridized carbons (Fsp3) is 0.684. The molecule has 0 N–H and O–H groups in total. The van der Waals surface area contributed by atoms with Gasteiger partial charge in [-0.3, -0.25) is 4.90 Å². The number of aryl methyl sites for hydroxylation is 1. The summed E-state index contributed by atoms with van der Waals surface area (Å²) in [5.74, 6) is 0.784. The lowest BCUT2D eigenvalue weighted by Crippen LogP contribution is -2.36. The van der Waals surface area contributed by atoms with E-state index in [0.717, 1.165) is 5.92 Å². The van der Waals surface area contributed by atoms with Crippen molar-refractivity contribution in [2.24, 2.45) is 5.92 Å². The van der Waals surface area contributed by atoms with E-state index in [1.54, 1.807) is 11.1 Å². The Kier molecular flexibility index (Phi) is 4.97. The summed E-state index contributed by atoms with van der Waals surface area (Å²) in [6, 6.07) is 9.81. The van der Waals surface area contributed by atoms with Crippen LogP contribution in [0.2, 0.25) is 0 Å². The molecule has 0 saturated carbocycles. The van der Waals surface area contributed by atoms with Crippen molar-refractivity contribution in [1.82, 2.24) is 9.80 Å². The molecular weight excluding hydrogens is 256 g/mol. The maximum Gasteiger partial charge on any atom is 0.0351 e. The van der Waals surface area contributed by atoms with Gasteiger partial charge < -0.3 is 4.90 Å². The Bertz CT molecular complexity index is 455. The molecule has 1 fully saturated rings. The van der Waals surface area contributed by atoms with Gasteiger partial charge in [-0.2, -0.15) is 0 Å². The highest BCUT2D eigenvalue weighted by Crippen LogP contribution is 2.34. The van der Waals surface area contributed by atoms with Crippen molar-refractivity contribution in [3.63, 3.8) is 0 Å². The quantitative estimate of drug-likeness (QED) is 0.835. The van der Waals surface area contributed by atoms with Gasteiger partial charge in [-0.1, -0.05) is 38.1 Å². The first-order valence-corrected chi connectivity index (χ1v) is 8.78. The van der Waals surface area contributed by atoms with Gasteiger partial charge >= 0.3 is 0 Å². The molecule has 1 aromatic carbocycles. The second-order valence-electron chi connectivity index (χ2n) is 7.19. The molecule has 2 nitrogen and oxygen atoms in total. The van der Waals surface area contributed by atoms with Crippen LogP contribution in [0.4, 0.5) is 0 Å². The zero-order valence-corrected chi connectivity index (χ0v) is 13.7. The minimum absolute atomic E-state index is 0.675. The van der Waals surface area contributed by atoms with Crippen LogP contribution >= 0.6 is 0 Å². The van der Waals surface area contributed by atoms with E-state index in [0.29, 0.717) is 6.04 Å². The molecule has 1 saturated heterocycles. The van der Waals surface area contributed by atoms with Crippen LogP contribution in [0, 0.1) is 5.92 Å². The van der Waals surface area contributed by atoms with Crippen molar-refractivity contribution in [2.45, 2.75) is 45.6 Å². The molecule has 0 bridgehead atoms. The van der Waals surface area contributed by atoms with E-state index < -0.39 is 0 Å². The van der Waals surface area contributed by atoms with Crippen LogP contribution < -0.4 is 0 Å². The Morgan fingerprint density at radius 1 is 1.05 bits per heavy atom. The van der Waals surface area contributed by atoms with Crippen LogP contribution in [-0.4, -0.2) is 42.5 Å². The summed E-state index contributed by atoms with van der Waals surface area (Å²) in [6.07, 6.45) is 5.31. The molecule has 1 aliphatic carbocycles. The Balaban J connectivity index is 1.68. The van der Waals surface area contributed by atoms with Crippen molar-refractivity contribution in [3.8, 4) is 0 Å². The van der Waals surface area contributed by atoms with E-state index in [1.165, 1.54) is 58.4 Å². The molecule has 1 aromatic rings. The minimum atomic E-state index is 0.675. The van der Waals surface area contributed by atoms with Crippen LogP contribution in [0.25, 0.3) is 0 Å². The lowest BCUT2D eigenvalue weighted by atomic mass is 9.87. The van der Waals surface area contributed by atoms with Gasteiger partial charge in [0.25, 0.3) is 0 Å². The SMILES string of the molecule is CC(C)CN1CCCN(C2CCCc3ccccc32)CC1. The third-order valence-electron chi connectivity index (χ3n) is 5.02. The lowest BCUT2D eigenvalue weighted by Gasteiger charge is -2.35. The van der Waals surface area contributed by atoms with E-state index in [1.807, 2.05) is 0 Å². The van der Waals surface area contributed by atoms with Crippen LogP contribution in [0.3, 0.4) is 0 Å². The molecule has 3 rings (SSSR count). The molecule has 21 heavy (non-hydrogen) atoms. The zero-order valence-electron chi connectivity index (χ0n) is 13.7. The van der Waals surface area contributed by atoms with Gasteiger partial charge in [0, 0.05) is 32.2 Å². The molecule has 116 valence electrons. The smallest absolute Gasteiger partial charge is 0.0351 e. The summed E-state index contributed by atoms with van der Waals surface area (Å²) >= 11 is 0. The summed E-state index contributed by atoms with van der Waals surface area (Å²) in [7, 11) is 0. The predicted octanol–water partition coefficient (Wildman–Crippen LogP) is 3.73. The normalized spacial score (nSPS) is 24.8. The molecular formula is C19H30N2. The van der Waals surface area contributed by atoms with Crippen LogP contribution in [-0.2, 0) is 6.42 Å². The topological polar surface area (TPSA) is 6.48 Å². The Morgan fingerprint density at radius 2 is 1.90 bits per heavy atom. The first-order valence-electron chi connectivity index (χ1n) is 8.78. The highest BCUT2D eigenvalue weighted by atomic mass is 15.2. The van der Waals surface area contributed by atoms with Gasteiger partial charge in [-0.25, -0.2) is 0 Å². The lowest BCUT2D eigenvalue weighted by molar-refractivity contribution is 0.178. The van der Waals surface area contributed by atoms with E-state index in [-0.39, 0.29) is 0 Å². The van der Waals surface area contributed by atoms with Crippen molar-refractivity contribution < 1.29 is 0 Å². The molecule has 2 heteroatoms. The summed E-state index contributed by atoms with van der Waals surface area (Å²) < 4.78 is 0. The largest absolute Gasteiger partial charge is 0.302 e. The molecule has 1 heterocycles. The number of benzene rings is 1. The van der Waals surface area contributed by atoms with Gasteiger partial charge in [0.2, 0.25) is 0 Å². The molecule has 0 aromatic heterocycles. The maximum atomic E-state index is 2.76. The van der Waals surface area contributed by atoms with Crippen LogP contribution in [0.1, 0.15) is 50.3 Å². The average molecular weight is 286 g/mol. The number of nitrogens with zero attached hydrogens (tertiary/aromatic N) is 2. The van der Waals surface area contributed by atoms with Crippen LogP contribution in [0.5, 0.6) is 0 Å². The minimum Gasteiger partial charge on any atom is -0.302 e. The summed E-state index contributed by atoms with van der Waals surface area (Å²) in [5.41, 5.74) is 3.21. The number of hydrogen-bond acceptors (Lipinski definition) is 2. The van der Waals surface area contributed by atoms with E-state index in [4.69, 9.17) is 0 Å². The Morgan fingerprint density at radius 3 is 2.76 bits per heavy atom. The molecule has 1 aliphatic heterocycles. The highest BCUT2D eigenvalue weighted by Gasteiger charge is 2.27. The summed E-state index contributed by atoms with van der Waals surface area (Å²) in [5, 5.41) is 0. The third kappa shape index (κ3) is 3.67. The molecule has 0 spiro atoms. The molecule has 1 atom stereocenters. The van der Waals surface area contributed by atoms with Gasteiger partial charge in [0.1, 0.15) is 0 Å². The zero-order chi connectivity index (χ0) is 14.7. The first-order chi connectivity index (χ1) is 10.2. The van der Waals surface area contributed by atoms with Gasteiger partial charge in [0.05, 0.1) is 0 Å². The standard InChI is InChI=1S/C19H30N2/c1-16(2)15-20-11-6-12-21(14-13-20)19-10-5-8-17-7-3-4-9-18(17)19/h3-4,7,9,16,19H,5-6,8,10-15H2,1-2H3. The van der Waals surface area contributed by atoms with Crippen molar-refractivity contribution in [1.29, 1.82) is 0 Å². The molecule has 0 radical (unpaired) electrons. The van der Waals surface area contributed by atoms with E-state index in [2.05, 4.69) is 47.9 Å². The maximum absolute atomic E-state index is 2.76. The number of rotatable bonds is 3. The molecule has 1 unspecified atom stereocenters. The average Bonchev–Trinajstić information content (AvgIpc) is 2.71. The Labute approximate surface area is 130 Å². The van der Waals surface area contributed by atoms with Gasteiger partial charge in [-0.15, -0.1) is 0 Å². The highest BCUT2D eigenvalue weighted by molar-refractivity contribution is 5.32. The summed E-state index contributed by atoms with van der Waals surface area (Å²) in [4.78, 5) is 5.43. The van der Waals surface area contributed by atoms with Crippen molar-refractivity contribution >= 4 is 0 Å². The number of hydrogen-bond donors (Lipinski definition) is 0. The van der Waals surface area contributed by atoms with Crippen molar-refractivity contribution in [3.05, 3.63) is 35.4 Å². The van der Waals surface area contributed by atoms with Crippen LogP contribution in [0.15, 0.2) is 24.3 Å². The van der Waals surface area contributed by atoms with Crippen molar-refractivity contribution in [2.75, 3.05) is 32.7 Å². The molecule has 2 aliphatic rings. The van der Waals surface area contributed by atoms with Gasteiger partial charge in [0.15, 0.2) is 0 Å². The monoisotopic (exact) mass is 286 g/mol. The number of fused-ring (bicyclic) bond motifs is 1. The second kappa shape index (κ2) is 6.93. The third-order valence-corrected chi connectivity index (χ3v) is 5.02. The first kappa shape index (κ1) is 15.1. The molecule has 0 amide bonds. The summed E-state index contributed by atoms with van der Waals surface area (Å²) in [6.45, 7) is 11.0. The predicted molar refractivity (Wildman–Crippen MR) is 89.6 cm³/mol.